The van der Waals surface area contributed by atoms with Crippen molar-refractivity contribution in [2.24, 2.45) is 0 Å². The maximum atomic E-state index is 11.2. The zero-order valence-electron chi connectivity index (χ0n) is 11.4. The molecule has 0 saturated carbocycles. The molecule has 19 heavy (non-hydrogen) atoms. The normalized spacial score (nSPS) is 10.8. The van der Waals surface area contributed by atoms with E-state index in [9.17, 15) is 9.90 Å². The summed E-state index contributed by atoms with van der Waals surface area (Å²) in [5.41, 5.74) is 1.63. The molecule has 0 aliphatic heterocycles. The van der Waals surface area contributed by atoms with Crippen LogP contribution in [0.5, 0.6) is 0 Å². The zero-order valence-corrected chi connectivity index (χ0v) is 11.4. The first-order valence-electron chi connectivity index (χ1n) is 6.97. The summed E-state index contributed by atoms with van der Waals surface area (Å²) in [6.45, 7) is 2.20. The fourth-order valence-corrected chi connectivity index (χ4v) is 2.42. The van der Waals surface area contributed by atoms with E-state index in [2.05, 4.69) is 13.0 Å². The van der Waals surface area contributed by atoms with Crippen LogP contribution >= 0.6 is 0 Å². The van der Waals surface area contributed by atoms with Crippen LogP contribution < -0.4 is 0 Å². The minimum Gasteiger partial charge on any atom is -0.478 e. The van der Waals surface area contributed by atoms with Crippen LogP contribution in [0.3, 0.4) is 0 Å². The fraction of sp³-hybridized carbons (Fsp3) is 0.353. The van der Waals surface area contributed by atoms with E-state index in [1.807, 2.05) is 18.2 Å². The summed E-state index contributed by atoms with van der Waals surface area (Å²) in [6.07, 6.45) is 5.96. The van der Waals surface area contributed by atoms with Gasteiger partial charge >= 0.3 is 5.97 Å². The largest absolute Gasteiger partial charge is 0.478 e. The van der Waals surface area contributed by atoms with Gasteiger partial charge in [0.2, 0.25) is 0 Å². The molecule has 0 heterocycles. The second-order valence-electron chi connectivity index (χ2n) is 4.98. The van der Waals surface area contributed by atoms with E-state index in [1.54, 1.807) is 12.1 Å². The summed E-state index contributed by atoms with van der Waals surface area (Å²) in [6, 6.07) is 11.6. The highest BCUT2D eigenvalue weighted by Crippen LogP contribution is 2.21. The molecule has 1 N–H and O–H groups in total. The molecule has 0 aliphatic rings. The number of carboxylic acid groups (broad SMARTS) is 1. The van der Waals surface area contributed by atoms with Crippen molar-refractivity contribution < 1.29 is 9.90 Å². The van der Waals surface area contributed by atoms with Gasteiger partial charge in [-0.15, -0.1) is 0 Å². The van der Waals surface area contributed by atoms with Crippen molar-refractivity contribution >= 4 is 16.7 Å². The summed E-state index contributed by atoms with van der Waals surface area (Å²) >= 11 is 0. The van der Waals surface area contributed by atoms with Crippen LogP contribution in [0.1, 0.15) is 48.5 Å². The second kappa shape index (κ2) is 6.37. The lowest BCUT2D eigenvalue weighted by atomic mass is 9.99. The molecular weight excluding hydrogens is 236 g/mol. The van der Waals surface area contributed by atoms with Crippen molar-refractivity contribution in [1.82, 2.24) is 0 Å². The Morgan fingerprint density at radius 1 is 1.11 bits per heavy atom. The van der Waals surface area contributed by atoms with E-state index in [-0.39, 0.29) is 0 Å². The number of benzene rings is 2. The van der Waals surface area contributed by atoms with E-state index < -0.39 is 5.97 Å². The summed E-state index contributed by atoms with van der Waals surface area (Å²) < 4.78 is 0. The fourth-order valence-electron chi connectivity index (χ4n) is 2.42. The Balaban J connectivity index is 2.23. The maximum absolute atomic E-state index is 11.2. The lowest BCUT2D eigenvalue weighted by Crippen LogP contribution is -1.97. The SMILES string of the molecule is CCCCCCc1ccc2cccc(C(=O)O)c2c1. The predicted octanol–water partition coefficient (Wildman–Crippen LogP) is 4.66. The summed E-state index contributed by atoms with van der Waals surface area (Å²) in [7, 11) is 0. The maximum Gasteiger partial charge on any atom is 0.336 e. The topological polar surface area (TPSA) is 37.3 Å². The molecule has 0 bridgehead atoms. The number of fused-ring (bicyclic) bond motifs is 1. The Hall–Kier alpha value is -1.83. The Morgan fingerprint density at radius 2 is 1.95 bits per heavy atom. The molecule has 0 unspecified atom stereocenters. The Morgan fingerprint density at radius 3 is 2.68 bits per heavy atom. The lowest BCUT2D eigenvalue weighted by molar-refractivity contribution is 0.0699. The first kappa shape index (κ1) is 13.6. The zero-order chi connectivity index (χ0) is 13.7. The van der Waals surface area contributed by atoms with Gasteiger partial charge in [-0.3, -0.25) is 0 Å². The highest BCUT2D eigenvalue weighted by molar-refractivity contribution is 6.03. The lowest BCUT2D eigenvalue weighted by Gasteiger charge is -2.06. The van der Waals surface area contributed by atoms with Gasteiger partial charge in [0.1, 0.15) is 0 Å². The predicted molar refractivity (Wildman–Crippen MR) is 78.8 cm³/mol. The summed E-state index contributed by atoms with van der Waals surface area (Å²) in [5, 5.41) is 11.1. The number of carbonyl (C=O) groups is 1. The van der Waals surface area contributed by atoms with E-state index in [1.165, 1.54) is 31.2 Å². The van der Waals surface area contributed by atoms with Crippen molar-refractivity contribution in [3.63, 3.8) is 0 Å². The van der Waals surface area contributed by atoms with Crippen LogP contribution in [0.2, 0.25) is 0 Å². The molecule has 100 valence electrons. The third-order valence-corrected chi connectivity index (χ3v) is 3.50. The van der Waals surface area contributed by atoms with Crippen molar-refractivity contribution in [1.29, 1.82) is 0 Å². The quantitative estimate of drug-likeness (QED) is 0.763. The van der Waals surface area contributed by atoms with Crippen LogP contribution in [-0.2, 0) is 6.42 Å². The standard InChI is InChI=1S/C17H20O2/c1-2-3-4-5-7-13-10-11-14-8-6-9-15(17(18)19)16(14)12-13/h6,8-12H,2-5,7H2,1H3,(H,18,19). The average molecular weight is 256 g/mol. The number of aromatic carboxylic acids is 1. The van der Waals surface area contributed by atoms with Crippen molar-refractivity contribution in [3.8, 4) is 0 Å². The van der Waals surface area contributed by atoms with Crippen LogP contribution in [0.15, 0.2) is 36.4 Å². The molecule has 2 aromatic carbocycles. The van der Waals surface area contributed by atoms with E-state index in [0.717, 1.165) is 17.2 Å². The van der Waals surface area contributed by atoms with Gasteiger partial charge in [0, 0.05) is 0 Å². The molecule has 2 aromatic rings. The van der Waals surface area contributed by atoms with Gasteiger partial charge in [0.25, 0.3) is 0 Å². The van der Waals surface area contributed by atoms with Gasteiger partial charge in [0.15, 0.2) is 0 Å². The van der Waals surface area contributed by atoms with E-state index in [4.69, 9.17) is 0 Å². The second-order valence-corrected chi connectivity index (χ2v) is 4.98. The number of unbranched alkanes of at least 4 members (excludes halogenated alkanes) is 3. The van der Waals surface area contributed by atoms with Gasteiger partial charge in [-0.1, -0.05) is 56.5 Å². The first-order chi connectivity index (χ1) is 9.22. The molecule has 0 aliphatic carbocycles. The van der Waals surface area contributed by atoms with Crippen LogP contribution in [-0.4, -0.2) is 11.1 Å². The molecule has 0 spiro atoms. The smallest absolute Gasteiger partial charge is 0.336 e. The number of hydrogen-bond acceptors (Lipinski definition) is 1. The molecule has 2 nitrogen and oxygen atoms in total. The molecule has 0 amide bonds. The summed E-state index contributed by atoms with van der Waals surface area (Å²) in [5.74, 6) is -0.853. The third kappa shape index (κ3) is 3.34. The van der Waals surface area contributed by atoms with Gasteiger partial charge < -0.3 is 5.11 Å². The third-order valence-electron chi connectivity index (χ3n) is 3.50. The van der Waals surface area contributed by atoms with Crippen molar-refractivity contribution in [3.05, 3.63) is 47.5 Å². The number of aryl methyl sites for hydroxylation is 1. The number of rotatable bonds is 6. The van der Waals surface area contributed by atoms with Gasteiger partial charge in [-0.25, -0.2) is 4.79 Å². The number of hydrogen-bond donors (Lipinski definition) is 1. The average Bonchev–Trinajstić information content (AvgIpc) is 2.42. The molecule has 0 fully saturated rings. The highest BCUT2D eigenvalue weighted by Gasteiger charge is 2.08. The molecule has 0 atom stereocenters. The first-order valence-corrected chi connectivity index (χ1v) is 6.97. The molecule has 0 aromatic heterocycles. The number of carboxylic acids is 1. The molecular formula is C17H20O2. The Kier molecular flexibility index (Phi) is 4.56. The van der Waals surface area contributed by atoms with Gasteiger partial charge in [-0.2, -0.15) is 0 Å². The van der Waals surface area contributed by atoms with Crippen LogP contribution in [0.25, 0.3) is 10.8 Å². The Labute approximate surface area is 114 Å². The van der Waals surface area contributed by atoms with Gasteiger partial charge in [-0.05, 0) is 35.2 Å². The van der Waals surface area contributed by atoms with Gasteiger partial charge in [0.05, 0.1) is 5.56 Å². The van der Waals surface area contributed by atoms with Crippen LogP contribution in [0.4, 0.5) is 0 Å². The molecule has 0 saturated heterocycles. The minimum atomic E-state index is -0.853. The molecule has 2 heteroatoms. The molecule has 0 radical (unpaired) electrons. The minimum absolute atomic E-state index is 0.396. The van der Waals surface area contributed by atoms with E-state index in [0.29, 0.717) is 5.56 Å². The van der Waals surface area contributed by atoms with E-state index >= 15 is 0 Å². The Bertz CT molecular complexity index is 572. The monoisotopic (exact) mass is 256 g/mol. The van der Waals surface area contributed by atoms with Crippen LogP contribution in [0, 0.1) is 0 Å². The summed E-state index contributed by atoms with van der Waals surface area (Å²) in [4.78, 5) is 11.2. The van der Waals surface area contributed by atoms with Crippen molar-refractivity contribution in [2.45, 2.75) is 39.0 Å². The highest BCUT2D eigenvalue weighted by atomic mass is 16.4. The molecule has 2 rings (SSSR count). The van der Waals surface area contributed by atoms with Crippen molar-refractivity contribution in [2.75, 3.05) is 0 Å².